The highest BCUT2D eigenvalue weighted by Gasteiger charge is 2.16. The fraction of sp³-hybridized carbons (Fsp3) is 0.400. The summed E-state index contributed by atoms with van der Waals surface area (Å²) in [5, 5.41) is 0.0142. The summed E-state index contributed by atoms with van der Waals surface area (Å²) in [4.78, 5) is 0. The van der Waals surface area contributed by atoms with Crippen LogP contribution in [0.3, 0.4) is 0 Å². The lowest BCUT2D eigenvalue weighted by Crippen LogP contribution is -2.16. The predicted octanol–water partition coefficient (Wildman–Crippen LogP) is 2.25. The molecule has 0 aliphatic rings. The molecule has 0 radical (unpaired) electrons. The van der Waals surface area contributed by atoms with Crippen LogP contribution in [0.2, 0.25) is 5.02 Å². The molecule has 2 N–H and O–H groups in total. The summed E-state index contributed by atoms with van der Waals surface area (Å²) < 4.78 is 23.2. The SMILES string of the molecule is CC(C)S(=O)(=O)Cc1ccc(N)c(Cl)c1. The molecule has 0 saturated carbocycles. The number of benzene rings is 1. The molecule has 5 heteroatoms. The van der Waals surface area contributed by atoms with Crippen LogP contribution in [-0.4, -0.2) is 13.7 Å². The summed E-state index contributed by atoms with van der Waals surface area (Å²) in [5.41, 5.74) is 6.66. The first-order valence-electron chi connectivity index (χ1n) is 4.58. The van der Waals surface area contributed by atoms with Gasteiger partial charge in [0.15, 0.2) is 9.84 Å². The Hall–Kier alpha value is -0.740. The third kappa shape index (κ3) is 3.11. The summed E-state index contributed by atoms with van der Waals surface area (Å²) in [5.74, 6) is 0.00463. The molecule has 15 heavy (non-hydrogen) atoms. The molecule has 0 atom stereocenters. The third-order valence-corrected chi connectivity index (χ3v) is 4.65. The van der Waals surface area contributed by atoms with Crippen LogP contribution < -0.4 is 5.73 Å². The van der Waals surface area contributed by atoms with Gasteiger partial charge in [-0.05, 0) is 31.5 Å². The first kappa shape index (κ1) is 12.3. The van der Waals surface area contributed by atoms with Crippen LogP contribution in [0.5, 0.6) is 0 Å². The van der Waals surface area contributed by atoms with Crippen molar-refractivity contribution < 1.29 is 8.42 Å². The summed E-state index contributed by atoms with van der Waals surface area (Å²) in [7, 11) is -3.08. The molecule has 3 nitrogen and oxygen atoms in total. The molecule has 0 fully saturated rings. The van der Waals surface area contributed by atoms with Gasteiger partial charge in [0.2, 0.25) is 0 Å². The van der Waals surface area contributed by atoms with E-state index in [1.165, 1.54) is 0 Å². The molecular weight excluding hydrogens is 234 g/mol. The van der Waals surface area contributed by atoms with Crippen molar-refractivity contribution in [3.05, 3.63) is 28.8 Å². The maximum atomic E-state index is 11.6. The maximum Gasteiger partial charge on any atom is 0.156 e. The van der Waals surface area contributed by atoms with Crippen molar-refractivity contribution in [3.63, 3.8) is 0 Å². The number of sulfone groups is 1. The molecule has 0 amide bonds. The minimum Gasteiger partial charge on any atom is -0.398 e. The van der Waals surface area contributed by atoms with Gasteiger partial charge in [-0.3, -0.25) is 0 Å². The zero-order chi connectivity index (χ0) is 11.6. The second-order valence-electron chi connectivity index (χ2n) is 3.71. The van der Waals surface area contributed by atoms with Crippen LogP contribution in [0.4, 0.5) is 5.69 Å². The minimum absolute atomic E-state index is 0.00463. The number of nitrogen functional groups attached to an aromatic ring is 1. The summed E-state index contributed by atoms with van der Waals surface area (Å²) in [6.07, 6.45) is 0. The largest absolute Gasteiger partial charge is 0.398 e. The average Bonchev–Trinajstić information content (AvgIpc) is 2.10. The van der Waals surface area contributed by atoms with Crippen LogP contribution in [0.1, 0.15) is 19.4 Å². The van der Waals surface area contributed by atoms with E-state index in [0.717, 1.165) is 0 Å². The highest BCUT2D eigenvalue weighted by Crippen LogP contribution is 2.21. The highest BCUT2D eigenvalue weighted by molar-refractivity contribution is 7.91. The molecule has 1 aromatic carbocycles. The molecular formula is C10H14ClNO2S. The third-order valence-electron chi connectivity index (χ3n) is 2.15. The first-order valence-corrected chi connectivity index (χ1v) is 6.68. The second kappa shape index (κ2) is 4.41. The van der Waals surface area contributed by atoms with E-state index in [4.69, 9.17) is 17.3 Å². The van der Waals surface area contributed by atoms with Gasteiger partial charge in [0.25, 0.3) is 0 Å². The van der Waals surface area contributed by atoms with Crippen molar-refractivity contribution in [2.24, 2.45) is 0 Å². The number of hydrogen-bond donors (Lipinski definition) is 1. The van der Waals surface area contributed by atoms with E-state index < -0.39 is 9.84 Å². The Labute approximate surface area is 95.2 Å². The Bertz CT molecular complexity index is 454. The first-order chi connectivity index (χ1) is 6.83. The van der Waals surface area contributed by atoms with E-state index in [-0.39, 0.29) is 11.0 Å². The van der Waals surface area contributed by atoms with Gasteiger partial charge >= 0.3 is 0 Å². The quantitative estimate of drug-likeness (QED) is 0.834. The van der Waals surface area contributed by atoms with E-state index in [1.54, 1.807) is 32.0 Å². The van der Waals surface area contributed by atoms with Crippen molar-refractivity contribution in [1.82, 2.24) is 0 Å². The topological polar surface area (TPSA) is 60.2 Å². The Balaban J connectivity index is 2.96. The predicted molar refractivity (Wildman–Crippen MR) is 63.6 cm³/mol. The molecule has 1 rings (SSSR count). The minimum atomic E-state index is -3.08. The van der Waals surface area contributed by atoms with Gasteiger partial charge in [0.05, 0.1) is 21.7 Å². The fourth-order valence-electron chi connectivity index (χ4n) is 1.06. The van der Waals surface area contributed by atoms with Gasteiger partial charge in [0.1, 0.15) is 0 Å². The second-order valence-corrected chi connectivity index (χ2v) is 6.68. The van der Waals surface area contributed by atoms with Gasteiger partial charge in [0, 0.05) is 0 Å². The maximum absolute atomic E-state index is 11.6. The van der Waals surface area contributed by atoms with E-state index in [9.17, 15) is 8.42 Å². The van der Waals surface area contributed by atoms with Crippen molar-refractivity contribution in [2.45, 2.75) is 24.9 Å². The van der Waals surface area contributed by atoms with Crippen LogP contribution in [0.15, 0.2) is 18.2 Å². The van der Waals surface area contributed by atoms with Gasteiger partial charge in [-0.25, -0.2) is 8.42 Å². The number of hydrogen-bond acceptors (Lipinski definition) is 3. The van der Waals surface area contributed by atoms with Crippen LogP contribution in [0.25, 0.3) is 0 Å². The van der Waals surface area contributed by atoms with Gasteiger partial charge in [-0.1, -0.05) is 17.7 Å². The molecule has 0 aliphatic carbocycles. The Morgan fingerprint density at radius 2 is 2.00 bits per heavy atom. The van der Waals surface area contributed by atoms with Crippen LogP contribution >= 0.6 is 11.6 Å². The highest BCUT2D eigenvalue weighted by atomic mass is 35.5. The molecule has 0 unspecified atom stereocenters. The molecule has 0 aromatic heterocycles. The van der Waals surface area contributed by atoms with E-state index >= 15 is 0 Å². The molecule has 0 heterocycles. The van der Waals surface area contributed by atoms with Crippen LogP contribution in [-0.2, 0) is 15.6 Å². The van der Waals surface area contributed by atoms with E-state index in [0.29, 0.717) is 16.3 Å². The summed E-state index contributed by atoms with van der Waals surface area (Å²) in [6, 6.07) is 4.89. The lowest BCUT2D eigenvalue weighted by Gasteiger charge is -2.08. The molecule has 0 spiro atoms. The summed E-state index contributed by atoms with van der Waals surface area (Å²) >= 11 is 5.80. The van der Waals surface area contributed by atoms with Gasteiger partial charge < -0.3 is 5.73 Å². The molecule has 0 saturated heterocycles. The van der Waals surface area contributed by atoms with Gasteiger partial charge in [-0.15, -0.1) is 0 Å². The van der Waals surface area contributed by atoms with Crippen molar-refractivity contribution in [3.8, 4) is 0 Å². The Morgan fingerprint density at radius 3 is 2.47 bits per heavy atom. The molecule has 0 bridgehead atoms. The molecule has 84 valence electrons. The van der Waals surface area contributed by atoms with Gasteiger partial charge in [-0.2, -0.15) is 0 Å². The van der Waals surface area contributed by atoms with Crippen LogP contribution in [0, 0.1) is 0 Å². The normalized spacial score (nSPS) is 12.0. The zero-order valence-electron chi connectivity index (χ0n) is 8.70. The number of halogens is 1. The standard InChI is InChI=1S/C10H14ClNO2S/c1-7(2)15(13,14)6-8-3-4-10(12)9(11)5-8/h3-5,7H,6,12H2,1-2H3. The molecule has 0 aliphatic heterocycles. The van der Waals surface area contributed by atoms with Crippen molar-refractivity contribution >= 4 is 27.1 Å². The number of anilines is 1. The van der Waals surface area contributed by atoms with E-state index in [1.807, 2.05) is 0 Å². The summed E-state index contributed by atoms with van der Waals surface area (Å²) in [6.45, 7) is 3.32. The lowest BCUT2D eigenvalue weighted by atomic mass is 10.2. The fourth-order valence-corrected chi connectivity index (χ4v) is 2.24. The van der Waals surface area contributed by atoms with E-state index in [2.05, 4.69) is 0 Å². The van der Waals surface area contributed by atoms with Crippen molar-refractivity contribution in [1.29, 1.82) is 0 Å². The zero-order valence-corrected chi connectivity index (χ0v) is 10.3. The van der Waals surface area contributed by atoms with Crippen molar-refractivity contribution in [2.75, 3.05) is 5.73 Å². The number of rotatable bonds is 3. The lowest BCUT2D eigenvalue weighted by molar-refractivity contribution is 0.586. The smallest absolute Gasteiger partial charge is 0.156 e. The molecule has 1 aromatic rings. The Kier molecular flexibility index (Phi) is 3.62. The average molecular weight is 248 g/mol. The number of nitrogens with two attached hydrogens (primary N) is 1. The monoisotopic (exact) mass is 247 g/mol. The Morgan fingerprint density at radius 1 is 1.40 bits per heavy atom.